The second kappa shape index (κ2) is 3.53. The normalized spacial score (nSPS) is 36.6. The fourth-order valence-electron chi connectivity index (χ4n) is 2.40. The summed E-state index contributed by atoms with van der Waals surface area (Å²) in [6.07, 6.45) is 1.78. The Morgan fingerprint density at radius 3 is 2.65 bits per heavy atom. The summed E-state index contributed by atoms with van der Waals surface area (Å²) in [6, 6.07) is -0.857. The molecule has 1 N–H and O–H groups in total. The van der Waals surface area contributed by atoms with Gasteiger partial charge in [0.25, 0.3) is 5.91 Å². The van der Waals surface area contributed by atoms with Gasteiger partial charge < -0.3 is 10.0 Å². The summed E-state index contributed by atoms with van der Waals surface area (Å²) in [5, 5.41) is 8.90. The molecule has 2 fully saturated rings. The Balaban J connectivity index is 2.48. The highest BCUT2D eigenvalue weighted by molar-refractivity contribution is 8.16. The molecule has 0 bridgehead atoms. The highest BCUT2D eigenvalue weighted by Gasteiger charge is 2.62. The van der Waals surface area contributed by atoms with Crippen LogP contribution in [0, 0.1) is 0 Å². The minimum Gasteiger partial charge on any atom is -0.480 e. The molecule has 0 aromatic heterocycles. The Hall–Kier alpha value is -1.43. The second-order valence-electron chi connectivity index (χ2n) is 4.60. The molecule has 2 saturated heterocycles. The minimum atomic E-state index is -1.02. The van der Waals surface area contributed by atoms with Crippen molar-refractivity contribution in [3.05, 3.63) is 11.6 Å². The molecule has 17 heavy (non-hydrogen) atoms. The van der Waals surface area contributed by atoms with Crippen molar-refractivity contribution < 1.29 is 19.5 Å². The van der Waals surface area contributed by atoms with E-state index in [9.17, 15) is 19.5 Å². The fraction of sp³-hybridized carbons (Fsp3) is 0.455. The van der Waals surface area contributed by atoms with Crippen molar-refractivity contribution in [2.75, 3.05) is 0 Å². The van der Waals surface area contributed by atoms with Gasteiger partial charge in [0.1, 0.15) is 17.7 Å². The van der Waals surface area contributed by atoms with Gasteiger partial charge in [-0.3, -0.25) is 9.59 Å². The first-order valence-corrected chi connectivity index (χ1v) is 6.53. The van der Waals surface area contributed by atoms with Crippen LogP contribution in [0.3, 0.4) is 0 Å². The molecule has 2 rings (SSSR count). The zero-order chi connectivity index (χ0) is 13.0. The van der Waals surface area contributed by atoms with Crippen molar-refractivity contribution in [3.63, 3.8) is 0 Å². The van der Waals surface area contributed by atoms with Crippen LogP contribution in [0.15, 0.2) is 11.6 Å². The fourth-order valence-corrected chi connectivity index (χ4v) is 4.45. The number of β-lactam (4-membered cyclic amide) rings is 1. The highest BCUT2D eigenvalue weighted by Crippen LogP contribution is 2.56. The molecule has 2 heterocycles. The summed E-state index contributed by atoms with van der Waals surface area (Å²) in [4.78, 5) is 34.8. The van der Waals surface area contributed by atoms with Crippen molar-refractivity contribution in [2.45, 2.75) is 30.0 Å². The number of allylic oxidation sites excluding steroid dienone is 1. The van der Waals surface area contributed by atoms with Crippen LogP contribution in [0.2, 0.25) is 0 Å². The number of fused-ring (bicyclic) bond motifs is 1. The van der Waals surface area contributed by atoms with Crippen LogP contribution >= 0.6 is 10.5 Å². The summed E-state index contributed by atoms with van der Waals surface area (Å²) in [6.45, 7) is 3.60. The van der Waals surface area contributed by atoms with E-state index in [1.165, 1.54) is 11.0 Å². The van der Waals surface area contributed by atoms with Crippen molar-refractivity contribution in [1.82, 2.24) is 4.90 Å². The number of hydrogen-bond acceptors (Lipinski definition) is 3. The highest BCUT2D eigenvalue weighted by atomic mass is 32.2. The summed E-state index contributed by atoms with van der Waals surface area (Å²) in [7, 11) is -0.527. The number of nitrogens with zero attached hydrogens (tertiary/aromatic N) is 1. The predicted molar refractivity (Wildman–Crippen MR) is 65.0 cm³/mol. The number of carboxylic acid groups (broad SMARTS) is 1. The van der Waals surface area contributed by atoms with Crippen LogP contribution in [0.25, 0.3) is 0 Å². The third-order valence-corrected chi connectivity index (χ3v) is 5.96. The Kier molecular flexibility index (Phi) is 2.50. The minimum absolute atomic E-state index is 0.316. The number of hydrogen-bond donors (Lipinski definition) is 1. The lowest BCUT2D eigenvalue weighted by Gasteiger charge is -2.39. The topological polar surface area (TPSA) is 74.7 Å². The molecule has 2 aliphatic rings. The van der Waals surface area contributed by atoms with Crippen LogP contribution in [-0.4, -0.2) is 50.2 Å². The van der Waals surface area contributed by atoms with Gasteiger partial charge in [-0.2, -0.15) is 10.5 Å². The maximum atomic E-state index is 11.8. The zero-order valence-electron chi connectivity index (χ0n) is 9.54. The third kappa shape index (κ3) is 1.33. The molecular formula is C11H13NO4S. The molecule has 0 radical (unpaired) electrons. The van der Waals surface area contributed by atoms with Crippen molar-refractivity contribution in [2.24, 2.45) is 0 Å². The maximum Gasteiger partial charge on any atom is 0.327 e. The van der Waals surface area contributed by atoms with Gasteiger partial charge in [0.15, 0.2) is 0 Å². The zero-order valence-corrected chi connectivity index (χ0v) is 10.4. The Morgan fingerprint density at radius 2 is 2.18 bits per heavy atom. The van der Waals surface area contributed by atoms with Gasteiger partial charge in [-0.1, -0.05) is 5.87 Å². The second-order valence-corrected chi connectivity index (χ2v) is 6.95. The average molecular weight is 255 g/mol. The number of carbonyl (C=O) groups is 3. The van der Waals surface area contributed by atoms with Gasteiger partial charge in [-0.05, 0) is 19.9 Å². The van der Waals surface area contributed by atoms with E-state index in [2.05, 4.69) is 5.87 Å². The number of aliphatic carboxylic acids is 1. The van der Waals surface area contributed by atoms with E-state index in [1.54, 1.807) is 13.8 Å². The summed E-state index contributed by atoms with van der Waals surface area (Å²) in [5.74, 6) is 2.61. The predicted octanol–water partition coefficient (Wildman–Crippen LogP) is 0.226. The Bertz CT molecular complexity index is 480. The van der Waals surface area contributed by atoms with E-state index in [-0.39, 0.29) is 11.3 Å². The first kappa shape index (κ1) is 12.0. The average Bonchev–Trinajstić information content (AvgIpc) is 2.42. The molecule has 0 aromatic carbocycles. The van der Waals surface area contributed by atoms with Gasteiger partial charge in [0.2, 0.25) is 0 Å². The first-order chi connectivity index (χ1) is 7.84. The van der Waals surface area contributed by atoms with Crippen molar-refractivity contribution in [1.29, 1.82) is 0 Å². The van der Waals surface area contributed by atoms with E-state index in [4.69, 9.17) is 0 Å². The molecule has 6 heteroatoms. The van der Waals surface area contributed by atoms with Gasteiger partial charge >= 0.3 is 5.97 Å². The number of amides is 1. The Labute approximate surface area is 101 Å². The van der Waals surface area contributed by atoms with Gasteiger partial charge in [0.05, 0.1) is 5.57 Å². The molecule has 3 atom stereocenters. The number of aldehydes is 1. The van der Waals surface area contributed by atoms with Crippen molar-refractivity contribution >= 4 is 34.5 Å². The van der Waals surface area contributed by atoms with E-state index >= 15 is 0 Å². The molecule has 92 valence electrons. The van der Waals surface area contributed by atoms with Gasteiger partial charge in [0, 0.05) is 4.75 Å². The standard InChI is InChI=1S/C11H13NO4S/c1-11(2)7(10(15)16)12-8(14)6(4-5-13)9(12)17(11)3/h4-5,7,9H,3H2,1-2H3,(H,15,16)/b6-4-/t7-,9+,17?/m0/s1. The molecule has 1 amide bonds. The molecule has 0 aliphatic carbocycles. The lowest BCUT2D eigenvalue weighted by Crippen LogP contribution is -2.58. The summed E-state index contributed by atoms with van der Waals surface area (Å²) >= 11 is 0. The molecule has 2 aliphatic heterocycles. The van der Waals surface area contributed by atoms with E-state index in [1.807, 2.05) is 0 Å². The van der Waals surface area contributed by atoms with Gasteiger partial charge in [-0.25, -0.2) is 4.79 Å². The molecule has 1 unspecified atom stereocenters. The molecule has 5 nitrogen and oxygen atoms in total. The number of carboxylic acids is 1. The summed E-state index contributed by atoms with van der Waals surface area (Å²) < 4.78 is -0.579. The largest absolute Gasteiger partial charge is 0.480 e. The lowest BCUT2D eigenvalue weighted by molar-refractivity contribution is -0.152. The van der Waals surface area contributed by atoms with Gasteiger partial charge in [-0.15, -0.1) is 0 Å². The lowest BCUT2D eigenvalue weighted by atomic mass is 9.96. The maximum absolute atomic E-state index is 11.8. The first-order valence-electron chi connectivity index (χ1n) is 5.07. The quantitative estimate of drug-likeness (QED) is 0.332. The number of rotatable bonds is 2. The molecular weight excluding hydrogens is 242 g/mol. The van der Waals surface area contributed by atoms with Crippen molar-refractivity contribution in [3.8, 4) is 0 Å². The molecule has 0 aromatic rings. The SMILES string of the molecule is C=S1[C@@H]2/C(=C\C=O)C(=O)N2[C@@H](C(=O)O)C1(C)C. The van der Waals surface area contributed by atoms with E-state index in [0.29, 0.717) is 11.9 Å². The van der Waals surface area contributed by atoms with Crippen LogP contribution in [0.4, 0.5) is 0 Å². The Morgan fingerprint density at radius 1 is 1.59 bits per heavy atom. The van der Waals surface area contributed by atoms with E-state index in [0.717, 1.165) is 0 Å². The third-order valence-electron chi connectivity index (χ3n) is 3.36. The van der Waals surface area contributed by atoms with Crippen LogP contribution in [-0.2, 0) is 14.4 Å². The smallest absolute Gasteiger partial charge is 0.327 e. The molecule has 0 saturated carbocycles. The van der Waals surface area contributed by atoms with Crippen LogP contribution in [0.1, 0.15) is 13.8 Å². The van der Waals surface area contributed by atoms with E-state index < -0.39 is 27.2 Å². The monoisotopic (exact) mass is 255 g/mol. The molecule has 0 spiro atoms. The number of carbonyl (C=O) groups excluding carboxylic acids is 2. The van der Waals surface area contributed by atoms with Crippen LogP contribution in [0.5, 0.6) is 0 Å². The summed E-state index contributed by atoms with van der Waals surface area (Å²) in [5.41, 5.74) is 0.384. The van der Waals surface area contributed by atoms with Crippen LogP contribution < -0.4 is 0 Å².